The minimum atomic E-state index is -0.576. The maximum absolute atomic E-state index is 10.7. The molecule has 19 heavy (non-hydrogen) atoms. The molecule has 0 aliphatic rings. The molecule has 0 saturated heterocycles. The predicted molar refractivity (Wildman–Crippen MR) is 72.7 cm³/mol. The van der Waals surface area contributed by atoms with Crippen LogP contribution >= 0.6 is 27.5 Å². The lowest BCUT2D eigenvalue weighted by molar-refractivity contribution is -0.390. The number of hydrogen-bond acceptors (Lipinski definition) is 6. The van der Waals surface area contributed by atoms with Gasteiger partial charge < -0.3 is 15.5 Å². The van der Waals surface area contributed by atoms with E-state index in [4.69, 9.17) is 17.4 Å². The Morgan fingerprint density at radius 1 is 1.58 bits per heavy atom. The zero-order chi connectivity index (χ0) is 14.0. The Morgan fingerprint density at radius 2 is 2.32 bits per heavy atom. The third-order valence-electron chi connectivity index (χ3n) is 2.25. The molecule has 2 rings (SSSR count). The Morgan fingerprint density at radius 3 is 2.89 bits per heavy atom. The highest BCUT2D eigenvalue weighted by molar-refractivity contribution is 9.10. The van der Waals surface area contributed by atoms with Crippen LogP contribution in [-0.2, 0) is 6.54 Å². The quantitative estimate of drug-likeness (QED) is 0.496. The standard InChI is InChI=1S/C9H8BrClN6O2/c10-5-3-16(15-9(5)17(18)19)4-7-6(11)1-2-8(13-7)14-12/h1-3H,4,12H2,(H,13,14). The van der Waals surface area contributed by atoms with Crippen LogP contribution in [0.2, 0.25) is 5.02 Å². The van der Waals surface area contributed by atoms with Crippen molar-refractivity contribution in [2.24, 2.45) is 5.84 Å². The number of hydrazine groups is 1. The monoisotopic (exact) mass is 346 g/mol. The number of nitrogens with zero attached hydrogens (tertiary/aromatic N) is 4. The van der Waals surface area contributed by atoms with E-state index in [1.54, 1.807) is 12.1 Å². The van der Waals surface area contributed by atoms with Crippen LogP contribution in [0.15, 0.2) is 22.8 Å². The summed E-state index contributed by atoms with van der Waals surface area (Å²) in [5.74, 6) is 5.44. The second-order valence-electron chi connectivity index (χ2n) is 3.52. The number of hydrogen-bond donors (Lipinski definition) is 2. The van der Waals surface area contributed by atoms with Gasteiger partial charge in [0.05, 0.1) is 22.0 Å². The SMILES string of the molecule is NNc1ccc(Cl)c(Cn2cc(Br)c([N+](=O)[O-])n2)n1. The fourth-order valence-electron chi connectivity index (χ4n) is 1.42. The van der Waals surface area contributed by atoms with Crippen LogP contribution in [0.5, 0.6) is 0 Å². The molecule has 0 saturated carbocycles. The Balaban J connectivity index is 2.30. The molecule has 3 N–H and O–H groups in total. The number of nitrogens with one attached hydrogen (secondary N) is 1. The van der Waals surface area contributed by atoms with Gasteiger partial charge in [-0.1, -0.05) is 11.6 Å². The van der Waals surface area contributed by atoms with Gasteiger partial charge in [-0.3, -0.25) is 0 Å². The number of nitrogens with two attached hydrogens (primary N) is 1. The topological polar surface area (TPSA) is 112 Å². The van der Waals surface area contributed by atoms with Crippen molar-refractivity contribution in [1.29, 1.82) is 0 Å². The molecule has 0 atom stereocenters. The van der Waals surface area contributed by atoms with Crippen molar-refractivity contribution < 1.29 is 4.92 Å². The van der Waals surface area contributed by atoms with Gasteiger partial charge in [0, 0.05) is 0 Å². The Labute approximate surface area is 120 Å². The van der Waals surface area contributed by atoms with Gasteiger partial charge in [-0.25, -0.2) is 10.8 Å². The molecule has 0 amide bonds. The van der Waals surface area contributed by atoms with Crippen molar-refractivity contribution in [2.75, 3.05) is 5.43 Å². The van der Waals surface area contributed by atoms with Crippen LogP contribution in [0, 0.1) is 10.1 Å². The summed E-state index contributed by atoms with van der Waals surface area (Å²) in [4.78, 5) is 14.3. The highest BCUT2D eigenvalue weighted by atomic mass is 79.9. The lowest BCUT2D eigenvalue weighted by atomic mass is 10.3. The van der Waals surface area contributed by atoms with Gasteiger partial charge in [-0.15, -0.1) is 0 Å². The molecular formula is C9H8BrClN6O2. The summed E-state index contributed by atoms with van der Waals surface area (Å²) in [5.41, 5.74) is 2.90. The summed E-state index contributed by atoms with van der Waals surface area (Å²) in [7, 11) is 0. The van der Waals surface area contributed by atoms with Crippen LogP contribution in [0.25, 0.3) is 0 Å². The lowest BCUT2D eigenvalue weighted by Crippen LogP contribution is -2.11. The van der Waals surface area contributed by atoms with E-state index in [9.17, 15) is 10.1 Å². The third-order valence-corrected chi connectivity index (χ3v) is 3.15. The first-order valence-electron chi connectivity index (χ1n) is 5.00. The highest BCUT2D eigenvalue weighted by Crippen LogP contribution is 2.23. The molecule has 0 aliphatic carbocycles. The average molecular weight is 348 g/mol. The molecule has 8 nitrogen and oxygen atoms in total. The van der Waals surface area contributed by atoms with Crippen molar-refractivity contribution in [3.05, 3.63) is 43.6 Å². The predicted octanol–water partition coefficient (Wildman–Crippen LogP) is 1.94. The first kappa shape index (κ1) is 13.7. The van der Waals surface area contributed by atoms with Crippen LogP contribution in [0.3, 0.4) is 0 Å². The fourth-order valence-corrected chi connectivity index (χ4v) is 2.05. The summed E-state index contributed by atoms with van der Waals surface area (Å²) in [6.45, 7) is 0.195. The smallest absolute Gasteiger partial charge is 0.358 e. The van der Waals surface area contributed by atoms with Gasteiger partial charge in [0.2, 0.25) is 0 Å². The minimum Gasteiger partial charge on any atom is -0.358 e. The number of rotatable bonds is 4. The van der Waals surface area contributed by atoms with E-state index in [0.29, 0.717) is 21.0 Å². The molecule has 2 aromatic heterocycles. The summed E-state index contributed by atoms with van der Waals surface area (Å²) in [6.07, 6.45) is 1.48. The third kappa shape index (κ3) is 3.00. The normalized spacial score (nSPS) is 10.5. The van der Waals surface area contributed by atoms with Crippen molar-refractivity contribution in [3.8, 4) is 0 Å². The maximum Gasteiger partial charge on any atom is 0.404 e. The van der Waals surface area contributed by atoms with E-state index in [1.165, 1.54) is 10.9 Å². The van der Waals surface area contributed by atoms with Crippen LogP contribution in [-0.4, -0.2) is 19.7 Å². The Kier molecular flexibility index (Phi) is 3.98. The van der Waals surface area contributed by atoms with Crippen molar-refractivity contribution >= 4 is 39.2 Å². The van der Waals surface area contributed by atoms with Crippen LogP contribution in [0.4, 0.5) is 11.6 Å². The molecule has 100 valence electrons. The molecule has 0 aliphatic heterocycles. The van der Waals surface area contributed by atoms with Gasteiger partial charge in [0.1, 0.15) is 16.8 Å². The van der Waals surface area contributed by atoms with Crippen LogP contribution in [0.1, 0.15) is 5.69 Å². The number of nitrogen functional groups attached to an aromatic ring is 1. The molecule has 2 heterocycles. The second kappa shape index (κ2) is 5.51. The number of nitro groups is 1. The molecule has 2 aromatic rings. The number of pyridine rings is 1. The first-order chi connectivity index (χ1) is 9.01. The number of halogens is 2. The molecule has 0 aromatic carbocycles. The Hall–Kier alpha value is -1.71. The maximum atomic E-state index is 10.7. The van der Waals surface area contributed by atoms with E-state index in [-0.39, 0.29) is 12.4 Å². The molecule has 0 radical (unpaired) electrons. The largest absolute Gasteiger partial charge is 0.404 e. The van der Waals surface area contributed by atoms with Gasteiger partial charge >= 0.3 is 5.82 Å². The van der Waals surface area contributed by atoms with Gasteiger partial charge in [0.15, 0.2) is 0 Å². The number of aromatic nitrogens is 3. The summed E-state index contributed by atoms with van der Waals surface area (Å²) in [5, 5.41) is 14.9. The van der Waals surface area contributed by atoms with Crippen LogP contribution < -0.4 is 11.3 Å². The molecule has 0 bridgehead atoms. The first-order valence-corrected chi connectivity index (χ1v) is 6.17. The van der Waals surface area contributed by atoms with Gasteiger partial charge in [-0.2, -0.15) is 4.68 Å². The van der Waals surface area contributed by atoms with E-state index in [1.807, 2.05) is 0 Å². The molecule has 10 heteroatoms. The molecule has 0 fully saturated rings. The fraction of sp³-hybridized carbons (Fsp3) is 0.111. The van der Waals surface area contributed by atoms with E-state index in [0.717, 1.165) is 0 Å². The number of anilines is 1. The summed E-state index contributed by atoms with van der Waals surface area (Å²) >= 11 is 9.06. The van der Waals surface area contributed by atoms with Gasteiger partial charge in [0.25, 0.3) is 0 Å². The van der Waals surface area contributed by atoms with Crippen molar-refractivity contribution in [3.63, 3.8) is 0 Å². The zero-order valence-electron chi connectivity index (χ0n) is 9.38. The summed E-state index contributed by atoms with van der Waals surface area (Å²) in [6, 6.07) is 3.25. The van der Waals surface area contributed by atoms with Crippen molar-refractivity contribution in [2.45, 2.75) is 6.54 Å². The van der Waals surface area contributed by atoms with E-state index < -0.39 is 4.92 Å². The molecule has 0 spiro atoms. The minimum absolute atomic E-state index is 0.195. The lowest BCUT2D eigenvalue weighted by Gasteiger charge is -2.04. The highest BCUT2D eigenvalue weighted by Gasteiger charge is 2.19. The zero-order valence-corrected chi connectivity index (χ0v) is 11.7. The summed E-state index contributed by atoms with van der Waals surface area (Å²) < 4.78 is 1.67. The Bertz CT molecular complexity index is 631. The second-order valence-corrected chi connectivity index (χ2v) is 4.79. The molecule has 0 unspecified atom stereocenters. The average Bonchev–Trinajstić information content (AvgIpc) is 2.73. The van der Waals surface area contributed by atoms with Gasteiger partial charge in [-0.05, 0) is 33.0 Å². The van der Waals surface area contributed by atoms with E-state index >= 15 is 0 Å². The van der Waals surface area contributed by atoms with Crippen molar-refractivity contribution in [1.82, 2.24) is 14.8 Å². The molecular weight excluding hydrogens is 339 g/mol. The van der Waals surface area contributed by atoms with E-state index in [2.05, 4.69) is 31.4 Å².